The van der Waals surface area contributed by atoms with Gasteiger partial charge in [-0.3, -0.25) is 0 Å². The molecular weight excluding hydrogens is 298 g/mol. The fraction of sp³-hybridized carbons (Fsp3) is 0.333. The molecule has 0 radical (unpaired) electrons. The van der Waals surface area contributed by atoms with Crippen molar-refractivity contribution in [3.63, 3.8) is 0 Å². The van der Waals surface area contributed by atoms with E-state index in [-0.39, 0.29) is 31.1 Å². The molecule has 0 aromatic heterocycles. The Morgan fingerprint density at radius 3 is 1.67 bits per heavy atom. The SMILES string of the molecule is CC(C)Sc1c(Cl)c(Cl)c(O)c(Cl)c1Cl. The maximum absolute atomic E-state index is 9.48. The fourth-order valence-corrected chi connectivity index (χ4v) is 3.04. The van der Waals surface area contributed by atoms with E-state index in [4.69, 9.17) is 46.4 Å². The van der Waals surface area contributed by atoms with Gasteiger partial charge < -0.3 is 5.11 Å². The van der Waals surface area contributed by atoms with Gasteiger partial charge in [0.1, 0.15) is 10.0 Å². The highest BCUT2D eigenvalue weighted by Gasteiger charge is 2.20. The molecule has 0 aliphatic rings. The molecule has 0 atom stereocenters. The Hall–Kier alpha value is 0.530. The first-order valence-electron chi connectivity index (χ1n) is 4.07. The van der Waals surface area contributed by atoms with Crippen molar-refractivity contribution in [3.05, 3.63) is 20.1 Å². The quantitative estimate of drug-likeness (QED) is 0.574. The molecule has 0 saturated heterocycles. The van der Waals surface area contributed by atoms with Crippen LogP contribution in [0.25, 0.3) is 0 Å². The van der Waals surface area contributed by atoms with Gasteiger partial charge in [-0.15, -0.1) is 11.8 Å². The smallest absolute Gasteiger partial charge is 0.155 e. The highest BCUT2D eigenvalue weighted by Crippen LogP contribution is 2.49. The Bertz CT molecular complexity index is 363. The van der Waals surface area contributed by atoms with Gasteiger partial charge in [-0.1, -0.05) is 60.3 Å². The Labute approximate surface area is 113 Å². The van der Waals surface area contributed by atoms with Gasteiger partial charge in [0.15, 0.2) is 5.75 Å². The van der Waals surface area contributed by atoms with Crippen molar-refractivity contribution in [2.24, 2.45) is 0 Å². The van der Waals surface area contributed by atoms with Gasteiger partial charge in [-0.2, -0.15) is 0 Å². The van der Waals surface area contributed by atoms with E-state index in [0.717, 1.165) is 0 Å². The summed E-state index contributed by atoms with van der Waals surface area (Å²) in [4.78, 5) is 0.598. The number of hydrogen-bond acceptors (Lipinski definition) is 2. The molecule has 6 heteroatoms. The summed E-state index contributed by atoms with van der Waals surface area (Å²) in [6.07, 6.45) is 0. The monoisotopic (exact) mass is 304 g/mol. The first-order chi connectivity index (χ1) is 6.86. The maximum Gasteiger partial charge on any atom is 0.155 e. The lowest BCUT2D eigenvalue weighted by atomic mass is 10.3. The molecule has 0 heterocycles. The molecule has 0 spiro atoms. The average Bonchev–Trinajstić information content (AvgIpc) is 2.18. The Balaban J connectivity index is 3.39. The molecule has 15 heavy (non-hydrogen) atoms. The van der Waals surface area contributed by atoms with Crippen LogP contribution in [0.4, 0.5) is 0 Å². The third-order valence-electron chi connectivity index (χ3n) is 1.55. The zero-order valence-corrected chi connectivity index (χ0v) is 11.8. The molecule has 0 aliphatic carbocycles. The van der Waals surface area contributed by atoms with Crippen LogP contribution in [0, 0.1) is 0 Å². The second-order valence-corrected chi connectivity index (χ2v) is 6.20. The van der Waals surface area contributed by atoms with Crippen molar-refractivity contribution in [1.82, 2.24) is 0 Å². The fourth-order valence-electron chi connectivity index (χ4n) is 0.939. The van der Waals surface area contributed by atoms with E-state index >= 15 is 0 Å². The van der Waals surface area contributed by atoms with Crippen LogP contribution in [0.1, 0.15) is 13.8 Å². The van der Waals surface area contributed by atoms with E-state index in [1.165, 1.54) is 11.8 Å². The third-order valence-corrected chi connectivity index (χ3v) is 4.58. The lowest BCUT2D eigenvalue weighted by Crippen LogP contribution is -1.90. The van der Waals surface area contributed by atoms with Gasteiger partial charge in [-0.25, -0.2) is 0 Å². The van der Waals surface area contributed by atoms with E-state index in [1.54, 1.807) is 0 Å². The maximum atomic E-state index is 9.48. The summed E-state index contributed by atoms with van der Waals surface area (Å²) in [7, 11) is 0. The first kappa shape index (κ1) is 13.6. The predicted octanol–water partition coefficient (Wildman–Crippen LogP) is 5.51. The zero-order chi connectivity index (χ0) is 11.7. The molecular formula is C9H8Cl4OS. The van der Waals surface area contributed by atoms with Crippen molar-refractivity contribution in [1.29, 1.82) is 0 Å². The molecule has 1 rings (SSSR count). The van der Waals surface area contributed by atoms with Crippen molar-refractivity contribution in [2.45, 2.75) is 24.0 Å². The lowest BCUT2D eigenvalue weighted by molar-refractivity contribution is 0.475. The Morgan fingerprint density at radius 1 is 0.933 bits per heavy atom. The minimum atomic E-state index is -0.276. The number of halogens is 4. The van der Waals surface area contributed by atoms with Gasteiger partial charge in [-0.05, 0) is 0 Å². The van der Waals surface area contributed by atoms with Crippen molar-refractivity contribution >= 4 is 58.2 Å². The zero-order valence-electron chi connectivity index (χ0n) is 7.94. The van der Waals surface area contributed by atoms with E-state index < -0.39 is 0 Å². The molecule has 1 N–H and O–H groups in total. The largest absolute Gasteiger partial charge is 0.505 e. The predicted molar refractivity (Wildman–Crippen MR) is 69.1 cm³/mol. The van der Waals surface area contributed by atoms with Crippen LogP contribution in [0.3, 0.4) is 0 Å². The van der Waals surface area contributed by atoms with Crippen molar-refractivity contribution in [3.8, 4) is 5.75 Å². The summed E-state index contributed by atoms with van der Waals surface area (Å²) >= 11 is 25.0. The number of rotatable bonds is 2. The second kappa shape index (κ2) is 5.24. The second-order valence-electron chi connectivity index (χ2n) is 3.10. The topological polar surface area (TPSA) is 20.2 Å². The molecule has 1 aromatic carbocycles. The highest BCUT2D eigenvalue weighted by atomic mass is 35.5. The van der Waals surface area contributed by atoms with E-state index in [1.807, 2.05) is 13.8 Å². The average molecular weight is 306 g/mol. The lowest BCUT2D eigenvalue weighted by Gasteiger charge is -2.13. The standard InChI is InChI=1S/C9H8Cl4OS/c1-3(2)15-9-6(12)4(10)8(14)5(11)7(9)13/h3,14H,1-2H3. The molecule has 1 nitrogen and oxygen atoms in total. The van der Waals surface area contributed by atoms with Gasteiger partial charge in [0.25, 0.3) is 0 Å². The summed E-state index contributed by atoms with van der Waals surface area (Å²) in [5.41, 5.74) is 0. The molecule has 0 amide bonds. The Morgan fingerprint density at radius 2 is 1.33 bits per heavy atom. The molecule has 0 aliphatic heterocycles. The highest BCUT2D eigenvalue weighted by molar-refractivity contribution is 8.00. The van der Waals surface area contributed by atoms with Crippen LogP contribution in [0.15, 0.2) is 4.90 Å². The third kappa shape index (κ3) is 2.80. The number of thioether (sulfide) groups is 1. The van der Waals surface area contributed by atoms with Gasteiger partial charge in [0.2, 0.25) is 0 Å². The number of benzene rings is 1. The summed E-state index contributed by atoms with van der Waals surface area (Å²) < 4.78 is 0. The van der Waals surface area contributed by atoms with Crippen LogP contribution >= 0.6 is 58.2 Å². The molecule has 1 aromatic rings. The summed E-state index contributed by atoms with van der Waals surface area (Å²) in [6, 6.07) is 0. The minimum Gasteiger partial charge on any atom is -0.505 e. The number of phenolic OH excluding ortho intramolecular Hbond substituents is 1. The van der Waals surface area contributed by atoms with Crippen LogP contribution in [-0.2, 0) is 0 Å². The van der Waals surface area contributed by atoms with E-state index in [9.17, 15) is 5.11 Å². The number of hydrogen-bond donors (Lipinski definition) is 1. The van der Waals surface area contributed by atoms with Crippen LogP contribution in [-0.4, -0.2) is 10.4 Å². The number of phenols is 1. The summed E-state index contributed by atoms with van der Waals surface area (Å²) in [5, 5.41) is 10.3. The minimum absolute atomic E-state index is 0.0363. The van der Waals surface area contributed by atoms with Crippen LogP contribution in [0.5, 0.6) is 5.75 Å². The van der Waals surface area contributed by atoms with Crippen LogP contribution in [0.2, 0.25) is 20.1 Å². The first-order valence-corrected chi connectivity index (χ1v) is 6.47. The molecule has 0 fully saturated rings. The Kier molecular flexibility index (Phi) is 4.75. The van der Waals surface area contributed by atoms with E-state index in [2.05, 4.69) is 0 Å². The van der Waals surface area contributed by atoms with Crippen LogP contribution < -0.4 is 0 Å². The number of aromatic hydroxyl groups is 1. The van der Waals surface area contributed by atoms with Gasteiger partial charge in [0, 0.05) is 10.1 Å². The molecule has 0 saturated carbocycles. The molecule has 0 bridgehead atoms. The van der Waals surface area contributed by atoms with Gasteiger partial charge in [0.05, 0.1) is 10.0 Å². The van der Waals surface area contributed by atoms with Crippen molar-refractivity contribution in [2.75, 3.05) is 0 Å². The summed E-state index contributed by atoms with van der Waals surface area (Å²) in [5.74, 6) is -0.276. The normalized spacial score (nSPS) is 11.1. The van der Waals surface area contributed by atoms with Crippen molar-refractivity contribution < 1.29 is 5.11 Å². The molecule has 0 unspecified atom stereocenters. The molecule has 84 valence electrons. The summed E-state index contributed by atoms with van der Waals surface area (Å²) in [6.45, 7) is 3.98. The van der Waals surface area contributed by atoms with Gasteiger partial charge >= 0.3 is 0 Å². The van der Waals surface area contributed by atoms with E-state index in [0.29, 0.717) is 4.90 Å².